The van der Waals surface area contributed by atoms with Gasteiger partial charge < -0.3 is 0 Å². The first-order valence-electron chi connectivity index (χ1n) is 7.45. The number of nitrogens with one attached hydrogen (secondary N) is 1. The van der Waals surface area contributed by atoms with Gasteiger partial charge in [-0.3, -0.25) is 4.90 Å². The Morgan fingerprint density at radius 3 is 2.52 bits per heavy atom. The molecule has 0 radical (unpaired) electrons. The molecule has 1 saturated heterocycles. The van der Waals surface area contributed by atoms with Crippen LogP contribution >= 0.6 is 0 Å². The van der Waals surface area contributed by atoms with Gasteiger partial charge in [-0.1, -0.05) is 12.8 Å². The molecule has 21 heavy (non-hydrogen) atoms. The maximum absolute atomic E-state index is 12.3. The van der Waals surface area contributed by atoms with E-state index in [9.17, 15) is 8.42 Å². The van der Waals surface area contributed by atoms with Crippen molar-refractivity contribution in [2.75, 3.05) is 13.1 Å². The Labute approximate surface area is 124 Å². The van der Waals surface area contributed by atoms with Gasteiger partial charge in [-0.15, -0.1) is 5.10 Å². The van der Waals surface area contributed by atoms with Gasteiger partial charge in [-0.05, 0) is 30.2 Å². The van der Waals surface area contributed by atoms with E-state index < -0.39 is 10.0 Å². The SMILES string of the molecule is CC(c1nnnn1C)N1CC(S(=O)(=O)NC2CCCC2)C1. The van der Waals surface area contributed by atoms with E-state index in [0.29, 0.717) is 13.1 Å². The van der Waals surface area contributed by atoms with Crippen LogP contribution in [0.25, 0.3) is 0 Å². The lowest BCUT2D eigenvalue weighted by atomic mass is 10.1. The zero-order valence-corrected chi connectivity index (χ0v) is 13.3. The van der Waals surface area contributed by atoms with E-state index in [4.69, 9.17) is 0 Å². The monoisotopic (exact) mass is 314 g/mol. The number of aryl methyl sites for hydroxylation is 1. The third kappa shape index (κ3) is 2.95. The average molecular weight is 314 g/mol. The van der Waals surface area contributed by atoms with Crippen molar-refractivity contribution in [3.63, 3.8) is 0 Å². The summed E-state index contributed by atoms with van der Waals surface area (Å²) in [4.78, 5) is 2.09. The quantitative estimate of drug-likeness (QED) is 0.810. The van der Waals surface area contributed by atoms with E-state index in [0.717, 1.165) is 31.5 Å². The molecule has 118 valence electrons. The lowest BCUT2D eigenvalue weighted by Crippen LogP contribution is -2.59. The second-order valence-corrected chi connectivity index (χ2v) is 8.05. The van der Waals surface area contributed by atoms with E-state index in [1.807, 2.05) is 6.92 Å². The van der Waals surface area contributed by atoms with Gasteiger partial charge in [-0.2, -0.15) is 0 Å². The number of sulfonamides is 1. The highest BCUT2D eigenvalue weighted by molar-refractivity contribution is 7.90. The van der Waals surface area contributed by atoms with Crippen LogP contribution in [-0.4, -0.2) is 57.9 Å². The van der Waals surface area contributed by atoms with Crippen LogP contribution in [0, 0.1) is 0 Å². The van der Waals surface area contributed by atoms with E-state index in [-0.39, 0.29) is 17.3 Å². The van der Waals surface area contributed by atoms with Gasteiger partial charge in [-0.25, -0.2) is 17.8 Å². The first-order valence-corrected chi connectivity index (χ1v) is 8.99. The van der Waals surface area contributed by atoms with Crippen molar-refractivity contribution < 1.29 is 8.42 Å². The molecule has 0 amide bonds. The molecular formula is C12H22N6O2S. The molecule has 9 heteroatoms. The minimum Gasteiger partial charge on any atom is -0.291 e. The van der Waals surface area contributed by atoms with Crippen LogP contribution in [0.1, 0.15) is 44.5 Å². The van der Waals surface area contributed by atoms with Crippen molar-refractivity contribution in [3.05, 3.63) is 5.82 Å². The summed E-state index contributed by atoms with van der Waals surface area (Å²) in [5, 5.41) is 11.1. The number of hydrogen-bond donors (Lipinski definition) is 1. The molecule has 1 aromatic rings. The van der Waals surface area contributed by atoms with E-state index in [1.54, 1.807) is 11.7 Å². The molecule has 1 aliphatic heterocycles. The maximum Gasteiger partial charge on any atom is 0.217 e. The third-order valence-electron chi connectivity index (χ3n) is 4.58. The number of rotatable bonds is 5. The third-order valence-corrected chi connectivity index (χ3v) is 6.41. The molecule has 2 fully saturated rings. The summed E-state index contributed by atoms with van der Waals surface area (Å²) >= 11 is 0. The summed E-state index contributed by atoms with van der Waals surface area (Å²) in [5.41, 5.74) is 0. The fourth-order valence-electron chi connectivity index (χ4n) is 3.11. The van der Waals surface area contributed by atoms with Crippen LogP contribution in [0.3, 0.4) is 0 Å². The molecule has 2 aliphatic rings. The molecule has 2 heterocycles. The molecular weight excluding hydrogens is 292 g/mol. The van der Waals surface area contributed by atoms with Crippen LogP contribution in [0.5, 0.6) is 0 Å². The Kier molecular flexibility index (Phi) is 3.98. The van der Waals surface area contributed by atoms with E-state index in [2.05, 4.69) is 25.1 Å². The van der Waals surface area contributed by atoms with Gasteiger partial charge in [0.2, 0.25) is 10.0 Å². The number of tetrazole rings is 1. The molecule has 0 bridgehead atoms. The molecule has 1 saturated carbocycles. The van der Waals surface area contributed by atoms with Crippen LogP contribution < -0.4 is 4.72 Å². The first kappa shape index (κ1) is 14.9. The molecule has 1 atom stereocenters. The smallest absolute Gasteiger partial charge is 0.217 e. The number of likely N-dealkylation sites (tertiary alicyclic amines) is 1. The molecule has 1 aliphatic carbocycles. The number of nitrogens with zero attached hydrogens (tertiary/aromatic N) is 5. The van der Waals surface area contributed by atoms with Crippen LogP contribution in [0.2, 0.25) is 0 Å². The maximum atomic E-state index is 12.3. The first-order chi connectivity index (χ1) is 9.97. The standard InChI is InChI=1S/C12H22N6O2S/c1-9(12-13-15-16-17(12)2)18-7-11(8-18)21(19,20)14-10-5-3-4-6-10/h9-11,14H,3-8H2,1-2H3. The van der Waals surface area contributed by atoms with Crippen molar-refractivity contribution in [2.24, 2.45) is 7.05 Å². The molecule has 1 unspecified atom stereocenters. The Bertz CT molecular complexity index is 589. The topological polar surface area (TPSA) is 93.0 Å². The molecule has 0 spiro atoms. The summed E-state index contributed by atoms with van der Waals surface area (Å²) < 4.78 is 29.1. The van der Waals surface area contributed by atoms with Crippen molar-refractivity contribution in [3.8, 4) is 0 Å². The normalized spacial score (nSPS) is 23.3. The summed E-state index contributed by atoms with van der Waals surface area (Å²) in [6.07, 6.45) is 4.19. The van der Waals surface area contributed by atoms with Crippen molar-refractivity contribution in [1.82, 2.24) is 29.8 Å². The lowest BCUT2D eigenvalue weighted by molar-refractivity contribution is 0.123. The summed E-state index contributed by atoms with van der Waals surface area (Å²) in [6.45, 7) is 3.07. The minimum atomic E-state index is -3.20. The van der Waals surface area contributed by atoms with E-state index in [1.165, 1.54) is 0 Å². The molecule has 8 nitrogen and oxygen atoms in total. The molecule has 0 aromatic carbocycles. The Hall–Kier alpha value is -1.06. The Balaban J connectivity index is 1.56. The summed E-state index contributed by atoms with van der Waals surface area (Å²) in [5.74, 6) is 0.759. The van der Waals surface area contributed by atoms with Gasteiger partial charge in [0.1, 0.15) is 5.25 Å². The summed E-state index contributed by atoms with van der Waals surface area (Å²) in [7, 11) is -1.41. The van der Waals surface area contributed by atoms with Crippen molar-refractivity contribution in [2.45, 2.75) is 49.9 Å². The van der Waals surface area contributed by atoms with E-state index >= 15 is 0 Å². The van der Waals surface area contributed by atoms with Crippen LogP contribution in [-0.2, 0) is 17.1 Å². The fraction of sp³-hybridized carbons (Fsp3) is 0.917. The highest BCUT2D eigenvalue weighted by Gasteiger charge is 2.41. The van der Waals surface area contributed by atoms with Gasteiger partial charge in [0.25, 0.3) is 0 Å². The molecule has 1 N–H and O–H groups in total. The largest absolute Gasteiger partial charge is 0.291 e. The fourth-order valence-corrected chi connectivity index (χ4v) is 4.78. The molecule has 3 rings (SSSR count). The van der Waals surface area contributed by atoms with Crippen molar-refractivity contribution >= 4 is 10.0 Å². The number of hydrogen-bond acceptors (Lipinski definition) is 6. The zero-order valence-electron chi connectivity index (χ0n) is 12.4. The van der Waals surface area contributed by atoms with Gasteiger partial charge in [0, 0.05) is 26.2 Å². The van der Waals surface area contributed by atoms with Gasteiger partial charge in [0.15, 0.2) is 5.82 Å². The Morgan fingerprint density at radius 1 is 1.29 bits per heavy atom. The van der Waals surface area contributed by atoms with Gasteiger partial charge >= 0.3 is 0 Å². The lowest BCUT2D eigenvalue weighted by Gasteiger charge is -2.42. The predicted molar refractivity (Wildman–Crippen MR) is 76.9 cm³/mol. The highest BCUT2D eigenvalue weighted by Crippen LogP contribution is 2.27. The highest BCUT2D eigenvalue weighted by atomic mass is 32.2. The zero-order chi connectivity index (χ0) is 15.0. The predicted octanol–water partition coefficient (Wildman–Crippen LogP) is -0.183. The average Bonchev–Trinajstić information content (AvgIpc) is 2.97. The van der Waals surface area contributed by atoms with Crippen LogP contribution in [0.15, 0.2) is 0 Å². The minimum absolute atomic E-state index is 0.0305. The Morgan fingerprint density at radius 2 is 1.95 bits per heavy atom. The van der Waals surface area contributed by atoms with Gasteiger partial charge in [0.05, 0.1) is 6.04 Å². The second kappa shape index (κ2) is 5.62. The van der Waals surface area contributed by atoms with Crippen molar-refractivity contribution in [1.29, 1.82) is 0 Å². The second-order valence-electron chi connectivity index (χ2n) is 6.06. The van der Waals surface area contributed by atoms with Crippen LogP contribution in [0.4, 0.5) is 0 Å². The summed E-state index contributed by atoms with van der Waals surface area (Å²) in [6, 6.07) is 0.173. The molecule has 1 aromatic heterocycles. The number of aromatic nitrogens is 4.